The van der Waals surface area contributed by atoms with Crippen LogP contribution in [-0.4, -0.2) is 10.8 Å². The maximum absolute atomic E-state index is 12.3. The predicted octanol–water partition coefficient (Wildman–Crippen LogP) is 5.01. The van der Waals surface area contributed by atoms with Crippen LogP contribution in [0.5, 0.6) is 0 Å². The molecule has 0 spiro atoms. The minimum absolute atomic E-state index is 0.0758. The molecule has 0 heterocycles. The van der Waals surface area contributed by atoms with Crippen LogP contribution in [0.1, 0.15) is 42.1 Å². The topological polar surface area (TPSA) is 72.2 Å². The third-order valence-electron chi connectivity index (χ3n) is 3.76. The van der Waals surface area contributed by atoms with Crippen molar-refractivity contribution in [1.29, 1.82) is 0 Å². The predicted molar refractivity (Wildman–Crippen MR) is 91.2 cm³/mol. The Bertz CT molecular complexity index is 729. The van der Waals surface area contributed by atoms with Gasteiger partial charge in [-0.1, -0.05) is 37.6 Å². The maximum atomic E-state index is 12.3. The number of carbonyl (C=O) groups is 1. The van der Waals surface area contributed by atoms with Crippen LogP contribution in [0.3, 0.4) is 0 Å². The summed E-state index contributed by atoms with van der Waals surface area (Å²) in [4.78, 5) is 22.5. The molecule has 0 radical (unpaired) electrons. The lowest BCUT2D eigenvalue weighted by Gasteiger charge is -2.11. The summed E-state index contributed by atoms with van der Waals surface area (Å²) in [7, 11) is 0. The fraction of sp³-hybridized carbons (Fsp3) is 0.235. The van der Waals surface area contributed by atoms with E-state index < -0.39 is 10.8 Å². The normalized spacial score (nSPS) is 11.8. The van der Waals surface area contributed by atoms with Crippen LogP contribution in [0.25, 0.3) is 0 Å². The summed E-state index contributed by atoms with van der Waals surface area (Å²) in [6.07, 6.45) is 1.04. The molecule has 0 bridgehead atoms. The molecule has 2 aromatic rings. The van der Waals surface area contributed by atoms with Gasteiger partial charge >= 0.3 is 0 Å². The van der Waals surface area contributed by atoms with Crippen molar-refractivity contribution >= 4 is 28.9 Å². The van der Waals surface area contributed by atoms with Crippen molar-refractivity contribution in [1.82, 2.24) is 0 Å². The van der Waals surface area contributed by atoms with E-state index in [0.717, 1.165) is 6.42 Å². The monoisotopic (exact) mass is 332 g/mol. The van der Waals surface area contributed by atoms with Gasteiger partial charge in [-0.3, -0.25) is 14.9 Å². The largest absolute Gasteiger partial charge is 0.322 e. The Hall–Kier alpha value is -2.40. The van der Waals surface area contributed by atoms with Crippen LogP contribution in [0.2, 0.25) is 5.02 Å². The van der Waals surface area contributed by atoms with Gasteiger partial charge in [0.15, 0.2) is 0 Å². The van der Waals surface area contributed by atoms with Gasteiger partial charge < -0.3 is 5.32 Å². The third-order valence-corrected chi connectivity index (χ3v) is 4.08. The highest BCUT2D eigenvalue weighted by Gasteiger charge is 2.16. The second kappa shape index (κ2) is 7.24. The number of rotatable bonds is 5. The van der Waals surface area contributed by atoms with Gasteiger partial charge in [-0.15, -0.1) is 0 Å². The molecule has 0 aliphatic rings. The lowest BCUT2D eigenvalue weighted by Crippen LogP contribution is -2.13. The molecular weight excluding hydrogens is 316 g/mol. The standard InChI is InChI=1S/C17H17ClN2O3/c1-3-11(2)12-4-6-13(7-5-12)19-17(21)15-10-14(20(22)23)8-9-16(15)18/h4-11H,3H2,1-2H3,(H,19,21)/t11-/m1/s1. The molecule has 0 saturated heterocycles. The highest BCUT2D eigenvalue weighted by Crippen LogP contribution is 2.24. The zero-order valence-electron chi connectivity index (χ0n) is 12.9. The van der Waals surface area contributed by atoms with Crippen LogP contribution in [0.4, 0.5) is 11.4 Å². The molecule has 2 rings (SSSR count). The minimum atomic E-state index is -0.561. The minimum Gasteiger partial charge on any atom is -0.322 e. The number of non-ortho nitro benzene ring substituents is 1. The molecule has 1 N–H and O–H groups in total. The second-order valence-electron chi connectivity index (χ2n) is 5.31. The maximum Gasteiger partial charge on any atom is 0.270 e. The van der Waals surface area contributed by atoms with Crippen molar-refractivity contribution in [3.63, 3.8) is 0 Å². The molecule has 2 aromatic carbocycles. The van der Waals surface area contributed by atoms with Gasteiger partial charge in [-0.05, 0) is 36.1 Å². The van der Waals surface area contributed by atoms with Gasteiger partial charge in [-0.2, -0.15) is 0 Å². The summed E-state index contributed by atoms with van der Waals surface area (Å²) in [6.45, 7) is 4.25. The van der Waals surface area contributed by atoms with E-state index in [9.17, 15) is 14.9 Å². The first-order chi connectivity index (χ1) is 10.9. The van der Waals surface area contributed by atoms with Crippen LogP contribution in [0.15, 0.2) is 42.5 Å². The van der Waals surface area contributed by atoms with Crippen molar-refractivity contribution in [3.05, 3.63) is 68.7 Å². The Morgan fingerprint density at radius 3 is 2.48 bits per heavy atom. The van der Waals surface area contributed by atoms with Crippen molar-refractivity contribution < 1.29 is 9.72 Å². The molecular formula is C17H17ClN2O3. The van der Waals surface area contributed by atoms with Crippen LogP contribution in [0, 0.1) is 10.1 Å². The smallest absolute Gasteiger partial charge is 0.270 e. The van der Waals surface area contributed by atoms with Gasteiger partial charge in [0.25, 0.3) is 11.6 Å². The summed E-state index contributed by atoms with van der Waals surface area (Å²) in [5.41, 5.74) is 1.71. The van der Waals surface area contributed by atoms with Crippen molar-refractivity contribution in [2.45, 2.75) is 26.2 Å². The molecule has 23 heavy (non-hydrogen) atoms. The summed E-state index contributed by atoms with van der Waals surface area (Å²) < 4.78 is 0. The van der Waals surface area contributed by atoms with Crippen molar-refractivity contribution in [3.8, 4) is 0 Å². The zero-order chi connectivity index (χ0) is 17.0. The quantitative estimate of drug-likeness (QED) is 0.617. The van der Waals surface area contributed by atoms with Gasteiger partial charge in [0.05, 0.1) is 15.5 Å². The van der Waals surface area contributed by atoms with Gasteiger partial charge in [0, 0.05) is 17.8 Å². The number of amides is 1. The Morgan fingerprint density at radius 1 is 1.26 bits per heavy atom. The lowest BCUT2D eigenvalue weighted by atomic mass is 9.98. The molecule has 1 atom stereocenters. The average Bonchev–Trinajstić information content (AvgIpc) is 2.54. The van der Waals surface area contributed by atoms with E-state index in [1.807, 2.05) is 24.3 Å². The molecule has 6 heteroatoms. The van der Waals surface area contributed by atoms with E-state index in [-0.39, 0.29) is 16.3 Å². The number of nitro benzene ring substituents is 1. The number of benzene rings is 2. The second-order valence-corrected chi connectivity index (χ2v) is 5.71. The van der Waals surface area contributed by atoms with E-state index in [1.165, 1.54) is 23.8 Å². The molecule has 0 saturated carbocycles. The average molecular weight is 333 g/mol. The molecule has 0 aromatic heterocycles. The number of nitrogens with zero attached hydrogens (tertiary/aromatic N) is 1. The Balaban J connectivity index is 2.19. The third kappa shape index (κ3) is 4.07. The molecule has 5 nitrogen and oxygen atoms in total. The van der Waals surface area contributed by atoms with Crippen LogP contribution in [-0.2, 0) is 0 Å². The Labute approximate surface area is 139 Å². The van der Waals surface area contributed by atoms with Crippen molar-refractivity contribution in [2.75, 3.05) is 5.32 Å². The van der Waals surface area contributed by atoms with E-state index in [0.29, 0.717) is 11.6 Å². The van der Waals surface area contributed by atoms with Crippen LogP contribution < -0.4 is 5.32 Å². The summed E-state index contributed by atoms with van der Waals surface area (Å²) in [5.74, 6) is -0.0269. The summed E-state index contributed by atoms with van der Waals surface area (Å²) >= 11 is 5.96. The van der Waals surface area contributed by atoms with E-state index in [2.05, 4.69) is 19.2 Å². The van der Waals surface area contributed by atoms with E-state index in [1.54, 1.807) is 0 Å². The first-order valence-electron chi connectivity index (χ1n) is 7.27. The highest BCUT2D eigenvalue weighted by molar-refractivity contribution is 6.34. The van der Waals surface area contributed by atoms with Gasteiger partial charge in [-0.25, -0.2) is 0 Å². The molecule has 120 valence electrons. The van der Waals surface area contributed by atoms with Gasteiger partial charge in [0.1, 0.15) is 0 Å². The summed E-state index contributed by atoms with van der Waals surface area (Å²) in [6, 6.07) is 11.3. The number of nitrogens with one attached hydrogen (secondary N) is 1. The van der Waals surface area contributed by atoms with E-state index in [4.69, 9.17) is 11.6 Å². The molecule has 0 aliphatic carbocycles. The van der Waals surface area contributed by atoms with E-state index >= 15 is 0 Å². The van der Waals surface area contributed by atoms with Crippen LogP contribution >= 0.6 is 11.6 Å². The molecule has 0 unspecified atom stereocenters. The number of hydrogen-bond acceptors (Lipinski definition) is 3. The number of hydrogen-bond donors (Lipinski definition) is 1. The molecule has 0 aliphatic heterocycles. The number of nitro groups is 1. The summed E-state index contributed by atoms with van der Waals surface area (Å²) in [5, 5.41) is 13.7. The Kier molecular flexibility index (Phi) is 5.34. The SMILES string of the molecule is CC[C@@H](C)c1ccc(NC(=O)c2cc([N+](=O)[O-])ccc2Cl)cc1. The van der Waals surface area contributed by atoms with Crippen molar-refractivity contribution in [2.24, 2.45) is 0 Å². The lowest BCUT2D eigenvalue weighted by molar-refractivity contribution is -0.384. The Morgan fingerprint density at radius 2 is 1.91 bits per heavy atom. The first kappa shape index (κ1) is 17.0. The number of halogens is 1. The highest BCUT2D eigenvalue weighted by atomic mass is 35.5. The number of anilines is 1. The van der Waals surface area contributed by atoms with Gasteiger partial charge in [0.2, 0.25) is 0 Å². The molecule has 0 fully saturated rings. The number of carbonyl (C=O) groups excluding carboxylic acids is 1. The fourth-order valence-corrected chi connectivity index (χ4v) is 2.33. The fourth-order valence-electron chi connectivity index (χ4n) is 2.13. The zero-order valence-corrected chi connectivity index (χ0v) is 13.6. The molecule has 1 amide bonds. The first-order valence-corrected chi connectivity index (χ1v) is 7.65.